The molecule has 0 bridgehead atoms. The fraction of sp³-hybridized carbons (Fsp3) is 0.0526. The first kappa shape index (κ1) is 22.0. The predicted octanol–water partition coefficient (Wildman–Crippen LogP) is 4.77. The number of halogens is 3. The molecular formula is C19H12Br2ClN3O5. The molecule has 2 N–H and O–H groups in total. The molecule has 154 valence electrons. The van der Waals surface area contributed by atoms with Gasteiger partial charge in [0.2, 0.25) is 0 Å². The molecular weight excluding hydrogens is 545 g/mol. The van der Waals surface area contributed by atoms with Gasteiger partial charge in [-0.15, -0.1) is 0 Å². The van der Waals surface area contributed by atoms with Gasteiger partial charge in [0.1, 0.15) is 10.8 Å². The normalized spacial score (nSPS) is 10.5. The molecule has 0 fully saturated rings. The van der Waals surface area contributed by atoms with Crippen LogP contribution in [0.5, 0.6) is 5.75 Å². The quantitative estimate of drug-likeness (QED) is 0.347. The van der Waals surface area contributed by atoms with E-state index in [-0.39, 0.29) is 17.2 Å². The first-order valence-electron chi connectivity index (χ1n) is 8.30. The van der Waals surface area contributed by atoms with Crippen LogP contribution in [0, 0.1) is 10.1 Å². The minimum absolute atomic E-state index is 0.0317. The molecule has 0 atom stereocenters. The van der Waals surface area contributed by atoms with E-state index in [2.05, 4.69) is 42.7 Å². The van der Waals surface area contributed by atoms with Crippen LogP contribution in [0.3, 0.4) is 0 Å². The summed E-state index contributed by atoms with van der Waals surface area (Å²) in [6.45, 7) is -0.359. The van der Waals surface area contributed by atoms with E-state index in [1.54, 1.807) is 6.07 Å². The molecule has 8 nitrogen and oxygen atoms in total. The van der Waals surface area contributed by atoms with E-state index in [0.29, 0.717) is 10.2 Å². The van der Waals surface area contributed by atoms with Crippen LogP contribution in [0.1, 0.15) is 10.4 Å². The Kier molecular flexibility index (Phi) is 6.91. The topological polar surface area (TPSA) is 111 Å². The van der Waals surface area contributed by atoms with E-state index in [1.165, 1.54) is 12.1 Å². The number of hydrogen-bond donors (Lipinski definition) is 2. The molecule has 3 aromatic rings. The van der Waals surface area contributed by atoms with Crippen LogP contribution in [0.4, 0.5) is 5.69 Å². The first-order chi connectivity index (χ1) is 14.3. The van der Waals surface area contributed by atoms with Crippen LogP contribution >= 0.6 is 43.5 Å². The maximum Gasteiger partial charge on any atom is 0.288 e. The summed E-state index contributed by atoms with van der Waals surface area (Å²) < 4.78 is 7.15. The second kappa shape index (κ2) is 9.41. The average molecular weight is 558 g/mol. The number of fused-ring (bicyclic) bond motifs is 1. The summed E-state index contributed by atoms with van der Waals surface area (Å²) in [7, 11) is 0. The zero-order valence-electron chi connectivity index (χ0n) is 14.9. The highest BCUT2D eigenvalue weighted by Crippen LogP contribution is 2.34. The molecule has 0 aromatic heterocycles. The predicted molar refractivity (Wildman–Crippen MR) is 119 cm³/mol. The van der Waals surface area contributed by atoms with E-state index in [0.717, 1.165) is 21.3 Å². The molecule has 0 saturated carbocycles. The van der Waals surface area contributed by atoms with Crippen molar-refractivity contribution in [3.63, 3.8) is 0 Å². The van der Waals surface area contributed by atoms with Crippen molar-refractivity contribution in [3.05, 3.63) is 78.2 Å². The number of hydrogen-bond acceptors (Lipinski definition) is 5. The van der Waals surface area contributed by atoms with Crippen molar-refractivity contribution >= 4 is 71.7 Å². The van der Waals surface area contributed by atoms with Gasteiger partial charge in [-0.3, -0.25) is 30.6 Å². The number of benzene rings is 3. The summed E-state index contributed by atoms with van der Waals surface area (Å²) in [4.78, 5) is 34.3. The minimum atomic E-state index is -0.736. The lowest BCUT2D eigenvalue weighted by Gasteiger charge is -2.11. The van der Waals surface area contributed by atoms with Gasteiger partial charge in [0.25, 0.3) is 17.5 Å². The third-order valence-corrected chi connectivity index (χ3v) is 5.59. The van der Waals surface area contributed by atoms with Gasteiger partial charge in [-0.2, -0.15) is 0 Å². The van der Waals surface area contributed by atoms with Crippen LogP contribution in [-0.2, 0) is 4.79 Å². The standard InChI is InChI=1S/C19H12Br2ClN3O5/c20-12-3-4-13-10(7-12)2-6-16(18(13)21)30-9-17(26)23-24-19(27)11-1-5-14(22)15(8-11)25(28)29/h1-8H,9H2,(H,23,26)(H,24,27). The van der Waals surface area contributed by atoms with E-state index < -0.39 is 22.4 Å². The molecule has 0 saturated heterocycles. The van der Waals surface area contributed by atoms with Crippen LogP contribution in [-0.4, -0.2) is 23.3 Å². The number of nitrogens with one attached hydrogen (secondary N) is 2. The number of nitro benzene ring substituents is 1. The summed E-state index contributed by atoms with van der Waals surface area (Å²) in [5, 5.41) is 12.7. The maximum absolute atomic E-state index is 12.1. The summed E-state index contributed by atoms with van der Waals surface area (Å²) in [6, 6.07) is 12.9. The Balaban J connectivity index is 1.59. The average Bonchev–Trinajstić information content (AvgIpc) is 2.71. The van der Waals surface area contributed by atoms with Crippen molar-refractivity contribution in [2.24, 2.45) is 0 Å². The number of carbonyl (C=O) groups excluding carboxylic acids is 2. The van der Waals surface area contributed by atoms with Crippen LogP contribution < -0.4 is 15.6 Å². The molecule has 3 aromatic carbocycles. The van der Waals surface area contributed by atoms with Gasteiger partial charge in [0.05, 0.1) is 9.40 Å². The lowest BCUT2D eigenvalue weighted by atomic mass is 10.1. The fourth-order valence-corrected chi connectivity index (χ4v) is 3.70. The van der Waals surface area contributed by atoms with Crippen LogP contribution in [0.2, 0.25) is 5.02 Å². The number of amides is 2. The minimum Gasteiger partial charge on any atom is -0.483 e. The third kappa shape index (κ3) is 5.07. The monoisotopic (exact) mass is 555 g/mol. The van der Waals surface area contributed by atoms with E-state index in [9.17, 15) is 19.7 Å². The number of rotatable bonds is 5. The van der Waals surface area contributed by atoms with Crippen molar-refractivity contribution in [1.82, 2.24) is 10.9 Å². The van der Waals surface area contributed by atoms with Crippen molar-refractivity contribution in [2.75, 3.05) is 6.61 Å². The molecule has 11 heteroatoms. The van der Waals surface area contributed by atoms with Gasteiger partial charge in [-0.05, 0) is 57.0 Å². The van der Waals surface area contributed by atoms with Gasteiger partial charge in [0, 0.05) is 16.1 Å². The lowest BCUT2D eigenvalue weighted by molar-refractivity contribution is -0.384. The zero-order chi connectivity index (χ0) is 21.8. The van der Waals surface area contributed by atoms with Gasteiger partial charge in [0.15, 0.2) is 6.61 Å². The largest absolute Gasteiger partial charge is 0.483 e. The number of nitro groups is 1. The Labute approximate surface area is 191 Å². The van der Waals surface area contributed by atoms with Crippen LogP contribution in [0.15, 0.2) is 57.5 Å². The molecule has 30 heavy (non-hydrogen) atoms. The SMILES string of the molecule is O=C(COc1ccc2cc(Br)ccc2c1Br)NNC(=O)c1ccc(Cl)c([N+](=O)[O-])c1. The Morgan fingerprint density at radius 1 is 1.07 bits per heavy atom. The highest BCUT2D eigenvalue weighted by atomic mass is 79.9. The maximum atomic E-state index is 12.1. The zero-order valence-corrected chi connectivity index (χ0v) is 18.9. The number of ether oxygens (including phenoxy) is 1. The van der Waals surface area contributed by atoms with E-state index >= 15 is 0 Å². The van der Waals surface area contributed by atoms with Crippen molar-refractivity contribution < 1.29 is 19.2 Å². The van der Waals surface area contributed by atoms with Crippen molar-refractivity contribution in [1.29, 1.82) is 0 Å². The fourth-order valence-electron chi connectivity index (χ4n) is 2.53. The van der Waals surface area contributed by atoms with E-state index in [1.807, 2.05) is 24.3 Å². The Morgan fingerprint density at radius 3 is 2.57 bits per heavy atom. The molecule has 0 aliphatic heterocycles. The molecule has 3 rings (SSSR count). The highest BCUT2D eigenvalue weighted by Gasteiger charge is 2.17. The summed E-state index contributed by atoms with van der Waals surface area (Å²) in [5.41, 5.74) is 3.92. The Hall–Kier alpha value is -2.69. The number of carbonyl (C=O) groups is 2. The van der Waals surface area contributed by atoms with Gasteiger partial charge >= 0.3 is 0 Å². The van der Waals surface area contributed by atoms with Gasteiger partial charge < -0.3 is 4.74 Å². The molecule has 0 aliphatic rings. The third-order valence-electron chi connectivity index (χ3n) is 3.96. The molecule has 0 unspecified atom stereocenters. The molecule has 0 radical (unpaired) electrons. The van der Waals surface area contributed by atoms with Crippen molar-refractivity contribution in [3.8, 4) is 5.75 Å². The van der Waals surface area contributed by atoms with Gasteiger partial charge in [-0.1, -0.05) is 39.7 Å². The van der Waals surface area contributed by atoms with Crippen LogP contribution in [0.25, 0.3) is 10.8 Å². The smallest absolute Gasteiger partial charge is 0.288 e. The summed E-state index contributed by atoms with van der Waals surface area (Å²) in [5.74, 6) is -0.894. The molecule has 0 heterocycles. The second-order valence-electron chi connectivity index (χ2n) is 5.96. The summed E-state index contributed by atoms with van der Waals surface area (Å²) in [6.07, 6.45) is 0. The first-order valence-corrected chi connectivity index (χ1v) is 10.3. The van der Waals surface area contributed by atoms with Gasteiger partial charge in [-0.25, -0.2) is 0 Å². The number of nitrogens with zero attached hydrogens (tertiary/aromatic N) is 1. The highest BCUT2D eigenvalue weighted by molar-refractivity contribution is 9.11. The number of hydrazine groups is 1. The molecule has 0 spiro atoms. The van der Waals surface area contributed by atoms with Crippen molar-refractivity contribution in [2.45, 2.75) is 0 Å². The molecule has 2 amide bonds. The second-order valence-corrected chi connectivity index (χ2v) is 8.07. The van der Waals surface area contributed by atoms with E-state index in [4.69, 9.17) is 16.3 Å². The Bertz CT molecular complexity index is 1170. The summed E-state index contributed by atoms with van der Waals surface area (Å²) >= 11 is 12.6. The lowest BCUT2D eigenvalue weighted by Crippen LogP contribution is -2.43. The Morgan fingerprint density at radius 2 is 1.83 bits per heavy atom. The molecule has 0 aliphatic carbocycles.